The van der Waals surface area contributed by atoms with Crippen LogP contribution in [0.2, 0.25) is 0 Å². The Morgan fingerprint density at radius 1 is 1.08 bits per heavy atom. The van der Waals surface area contributed by atoms with Crippen molar-refractivity contribution in [2.24, 2.45) is 5.92 Å². The van der Waals surface area contributed by atoms with Gasteiger partial charge in [0.25, 0.3) is 0 Å². The molecular formula is C19H20N4O2. The van der Waals surface area contributed by atoms with E-state index in [1.165, 1.54) is 4.80 Å². The van der Waals surface area contributed by atoms with Crippen LogP contribution in [-0.4, -0.2) is 32.1 Å². The quantitative estimate of drug-likeness (QED) is 0.747. The van der Waals surface area contributed by atoms with Crippen molar-refractivity contribution in [3.8, 4) is 0 Å². The second-order valence-corrected chi connectivity index (χ2v) is 6.56. The number of benzene rings is 2. The Balaban J connectivity index is 1.48. The van der Waals surface area contributed by atoms with Gasteiger partial charge in [0.15, 0.2) is 0 Å². The molecule has 0 aliphatic heterocycles. The summed E-state index contributed by atoms with van der Waals surface area (Å²) >= 11 is 0. The smallest absolute Gasteiger partial charge is 0.244 e. The van der Waals surface area contributed by atoms with Gasteiger partial charge in [0, 0.05) is 0 Å². The van der Waals surface area contributed by atoms with Crippen molar-refractivity contribution in [2.45, 2.75) is 31.5 Å². The molecule has 3 aromatic rings. The highest BCUT2D eigenvalue weighted by atomic mass is 16.3. The lowest BCUT2D eigenvalue weighted by Crippen LogP contribution is -2.42. The first-order chi connectivity index (χ1) is 12.2. The lowest BCUT2D eigenvalue weighted by Gasteiger charge is -2.38. The molecule has 1 aliphatic rings. The second kappa shape index (κ2) is 6.64. The van der Waals surface area contributed by atoms with Crippen molar-refractivity contribution in [1.82, 2.24) is 20.3 Å². The second-order valence-electron chi connectivity index (χ2n) is 6.56. The van der Waals surface area contributed by atoms with E-state index < -0.39 is 0 Å². The zero-order valence-corrected chi connectivity index (χ0v) is 13.7. The van der Waals surface area contributed by atoms with Gasteiger partial charge in [-0.1, -0.05) is 42.5 Å². The van der Waals surface area contributed by atoms with Gasteiger partial charge in [0.2, 0.25) is 5.91 Å². The van der Waals surface area contributed by atoms with Crippen molar-refractivity contribution in [3.05, 3.63) is 60.2 Å². The molecule has 25 heavy (non-hydrogen) atoms. The van der Waals surface area contributed by atoms with Crippen LogP contribution in [0.1, 0.15) is 24.4 Å². The fourth-order valence-corrected chi connectivity index (χ4v) is 3.36. The fourth-order valence-electron chi connectivity index (χ4n) is 3.36. The number of nitrogens with zero attached hydrogens (tertiary/aromatic N) is 3. The third kappa shape index (κ3) is 3.39. The number of amides is 1. The topological polar surface area (TPSA) is 80.0 Å². The van der Waals surface area contributed by atoms with Crippen LogP contribution in [-0.2, 0) is 11.3 Å². The maximum atomic E-state index is 12.5. The summed E-state index contributed by atoms with van der Waals surface area (Å²) in [6, 6.07) is 17.4. The maximum absolute atomic E-state index is 12.5. The molecule has 6 nitrogen and oxygen atoms in total. The van der Waals surface area contributed by atoms with Crippen LogP contribution in [0, 0.1) is 5.92 Å². The van der Waals surface area contributed by atoms with Crippen molar-refractivity contribution in [2.75, 3.05) is 0 Å². The lowest BCUT2D eigenvalue weighted by molar-refractivity contribution is -0.124. The Bertz CT molecular complexity index is 838. The molecule has 1 fully saturated rings. The third-order valence-corrected chi connectivity index (χ3v) is 4.71. The van der Waals surface area contributed by atoms with Crippen molar-refractivity contribution in [1.29, 1.82) is 0 Å². The summed E-state index contributed by atoms with van der Waals surface area (Å²) in [5, 5.41) is 21.4. The number of carbonyl (C=O) groups excluding carboxylic acids is 1. The van der Waals surface area contributed by atoms with Gasteiger partial charge >= 0.3 is 0 Å². The van der Waals surface area contributed by atoms with E-state index in [1.54, 1.807) is 0 Å². The molecule has 0 spiro atoms. The zero-order chi connectivity index (χ0) is 17.2. The monoisotopic (exact) mass is 336 g/mol. The molecule has 2 aromatic carbocycles. The summed E-state index contributed by atoms with van der Waals surface area (Å²) < 4.78 is 0. The molecule has 0 radical (unpaired) electrons. The fraction of sp³-hybridized carbons (Fsp3) is 0.316. The first-order valence-corrected chi connectivity index (χ1v) is 8.51. The average molecular weight is 336 g/mol. The molecule has 1 atom stereocenters. The number of hydrogen-bond acceptors (Lipinski definition) is 4. The van der Waals surface area contributed by atoms with E-state index in [1.807, 2.05) is 54.6 Å². The van der Waals surface area contributed by atoms with Crippen molar-refractivity contribution < 1.29 is 9.90 Å². The highest BCUT2D eigenvalue weighted by molar-refractivity contribution is 5.77. The molecule has 1 aromatic heterocycles. The van der Waals surface area contributed by atoms with Crippen LogP contribution in [0.5, 0.6) is 0 Å². The van der Waals surface area contributed by atoms with E-state index in [2.05, 4.69) is 15.5 Å². The summed E-state index contributed by atoms with van der Waals surface area (Å²) in [5.41, 5.74) is 2.61. The SMILES string of the molecule is O=C(Cn1nc2ccccc2n1)NC(c1ccccc1)C1CC(O)C1. The summed E-state index contributed by atoms with van der Waals surface area (Å²) in [6.45, 7) is 0.0767. The van der Waals surface area contributed by atoms with Crippen LogP contribution in [0.4, 0.5) is 0 Å². The maximum Gasteiger partial charge on any atom is 0.244 e. The van der Waals surface area contributed by atoms with Crippen molar-refractivity contribution in [3.63, 3.8) is 0 Å². The molecular weight excluding hydrogens is 316 g/mol. The normalized spacial score (nSPS) is 20.8. The number of carbonyl (C=O) groups is 1. The molecule has 6 heteroatoms. The van der Waals surface area contributed by atoms with E-state index in [-0.39, 0.29) is 30.5 Å². The van der Waals surface area contributed by atoms with E-state index in [0.29, 0.717) is 12.8 Å². The Labute approximate surface area is 145 Å². The molecule has 1 unspecified atom stereocenters. The molecule has 2 N–H and O–H groups in total. The van der Waals surface area contributed by atoms with Gasteiger partial charge in [0.1, 0.15) is 17.6 Å². The molecule has 1 aliphatic carbocycles. The Kier molecular flexibility index (Phi) is 4.19. The number of hydrogen-bond donors (Lipinski definition) is 2. The van der Waals surface area contributed by atoms with Crippen LogP contribution >= 0.6 is 0 Å². The molecule has 1 amide bonds. The lowest BCUT2D eigenvalue weighted by atomic mass is 9.75. The minimum atomic E-state index is -0.258. The van der Waals surface area contributed by atoms with E-state index in [0.717, 1.165) is 16.6 Å². The van der Waals surface area contributed by atoms with Crippen LogP contribution < -0.4 is 5.32 Å². The predicted molar refractivity (Wildman–Crippen MR) is 93.6 cm³/mol. The number of aromatic nitrogens is 3. The number of aliphatic hydroxyl groups excluding tert-OH is 1. The summed E-state index contributed by atoms with van der Waals surface area (Å²) in [5.74, 6) is 0.126. The number of rotatable bonds is 5. The first kappa shape index (κ1) is 15.8. The van der Waals surface area contributed by atoms with E-state index in [4.69, 9.17) is 0 Å². The highest BCUT2D eigenvalue weighted by Gasteiger charge is 2.35. The number of nitrogens with one attached hydrogen (secondary N) is 1. The molecule has 1 saturated carbocycles. The molecule has 128 valence electrons. The Morgan fingerprint density at radius 2 is 1.68 bits per heavy atom. The summed E-state index contributed by atoms with van der Waals surface area (Å²) in [6.07, 6.45) is 1.17. The minimum absolute atomic E-state index is 0.0767. The minimum Gasteiger partial charge on any atom is -0.393 e. The predicted octanol–water partition coefficient (Wildman–Crippen LogP) is 2.06. The van der Waals surface area contributed by atoms with Gasteiger partial charge in [-0.05, 0) is 36.5 Å². The molecule has 0 saturated heterocycles. The molecule has 0 bridgehead atoms. The van der Waals surface area contributed by atoms with Crippen molar-refractivity contribution >= 4 is 16.9 Å². The number of aliphatic hydroxyl groups is 1. The summed E-state index contributed by atoms with van der Waals surface area (Å²) in [7, 11) is 0. The Hall–Kier alpha value is -2.73. The van der Waals surface area contributed by atoms with Crippen LogP contribution in [0.25, 0.3) is 11.0 Å². The largest absolute Gasteiger partial charge is 0.393 e. The van der Waals surface area contributed by atoms with Gasteiger partial charge in [-0.15, -0.1) is 0 Å². The molecule has 1 heterocycles. The summed E-state index contributed by atoms with van der Waals surface area (Å²) in [4.78, 5) is 14.0. The van der Waals surface area contributed by atoms with E-state index in [9.17, 15) is 9.90 Å². The van der Waals surface area contributed by atoms with E-state index >= 15 is 0 Å². The zero-order valence-electron chi connectivity index (χ0n) is 13.7. The Morgan fingerprint density at radius 3 is 2.28 bits per heavy atom. The number of fused-ring (bicyclic) bond motifs is 1. The van der Waals surface area contributed by atoms with Gasteiger partial charge in [-0.25, -0.2) is 0 Å². The van der Waals surface area contributed by atoms with Crippen LogP contribution in [0.3, 0.4) is 0 Å². The van der Waals surface area contributed by atoms with Gasteiger partial charge in [-0.2, -0.15) is 15.0 Å². The standard InChI is InChI=1S/C19H20N4O2/c24-15-10-14(11-15)19(13-6-2-1-3-7-13)20-18(25)12-23-21-16-8-4-5-9-17(16)22-23/h1-9,14-15,19,24H,10-12H2,(H,20,25). The van der Waals surface area contributed by atoms with Gasteiger partial charge in [-0.3, -0.25) is 4.79 Å². The average Bonchev–Trinajstić information content (AvgIpc) is 3.00. The van der Waals surface area contributed by atoms with Crippen LogP contribution in [0.15, 0.2) is 54.6 Å². The third-order valence-electron chi connectivity index (χ3n) is 4.71. The van der Waals surface area contributed by atoms with Gasteiger partial charge in [0.05, 0.1) is 12.1 Å². The molecule has 4 rings (SSSR count). The van der Waals surface area contributed by atoms with Gasteiger partial charge < -0.3 is 10.4 Å². The first-order valence-electron chi connectivity index (χ1n) is 8.51. The highest BCUT2D eigenvalue weighted by Crippen LogP contribution is 2.37.